The quantitative estimate of drug-likeness (QED) is 0.222. The molecule has 6 heteroatoms. The molecule has 0 saturated carbocycles. The van der Waals surface area contributed by atoms with E-state index in [1.807, 2.05) is 60.0 Å². The van der Waals surface area contributed by atoms with Crippen LogP contribution in [-0.4, -0.2) is 27.3 Å². The molecular formula is C33H24O5S. The number of hydrogen-bond acceptors (Lipinski definition) is 6. The molecule has 7 rings (SSSR count). The molecule has 2 heterocycles. The summed E-state index contributed by atoms with van der Waals surface area (Å²) in [5, 5.41) is 3.64. The first-order valence-corrected chi connectivity index (χ1v) is 13.4. The number of carbonyl (C=O) groups excluding carboxylic acids is 1. The zero-order valence-corrected chi connectivity index (χ0v) is 22.4. The fourth-order valence-electron chi connectivity index (χ4n) is 5.98. The summed E-state index contributed by atoms with van der Waals surface area (Å²) in [5.41, 5.74) is 5.45. The summed E-state index contributed by atoms with van der Waals surface area (Å²) < 4.78 is 23.9. The van der Waals surface area contributed by atoms with Crippen molar-refractivity contribution in [3.05, 3.63) is 107 Å². The van der Waals surface area contributed by atoms with Crippen molar-refractivity contribution in [2.75, 3.05) is 21.3 Å². The van der Waals surface area contributed by atoms with Gasteiger partial charge >= 0.3 is 5.97 Å². The van der Waals surface area contributed by atoms with Crippen LogP contribution >= 0.6 is 11.3 Å². The molecule has 0 fully saturated rings. The second-order valence-electron chi connectivity index (χ2n) is 9.48. The Labute approximate surface area is 229 Å². The highest BCUT2D eigenvalue weighted by atomic mass is 32.1. The maximum absolute atomic E-state index is 13.5. The highest BCUT2D eigenvalue weighted by Crippen LogP contribution is 2.56. The van der Waals surface area contributed by atoms with Crippen molar-refractivity contribution < 1.29 is 23.7 Å². The van der Waals surface area contributed by atoms with Crippen LogP contribution in [0, 0.1) is 0 Å². The lowest BCUT2D eigenvalue weighted by Gasteiger charge is -2.35. The molecule has 0 amide bonds. The van der Waals surface area contributed by atoms with Gasteiger partial charge in [-0.3, -0.25) is 0 Å². The van der Waals surface area contributed by atoms with E-state index in [1.165, 1.54) is 7.11 Å². The van der Waals surface area contributed by atoms with E-state index in [0.29, 0.717) is 28.4 Å². The standard InChI is InChI=1S/C33H24O5S/c1-35-26-17-22-23(18-27(26)36-2)31-21(30(32(34)37-3)29(22)28-13-8-16-39-28)14-15-33(38-31)24-11-6-4-9-19(24)20-10-5-7-12-25(20)33/h4-18H,1-3H3. The molecule has 5 nitrogen and oxygen atoms in total. The van der Waals surface area contributed by atoms with Gasteiger partial charge in [0, 0.05) is 32.5 Å². The van der Waals surface area contributed by atoms with Crippen LogP contribution in [0.3, 0.4) is 0 Å². The number of thiophene rings is 1. The summed E-state index contributed by atoms with van der Waals surface area (Å²) in [7, 11) is 4.63. The lowest BCUT2D eigenvalue weighted by Crippen LogP contribution is -2.32. The molecule has 0 saturated heterocycles. The summed E-state index contributed by atoms with van der Waals surface area (Å²) in [6.07, 6.45) is 4.08. The van der Waals surface area contributed by atoms with E-state index in [9.17, 15) is 4.79 Å². The zero-order chi connectivity index (χ0) is 26.7. The van der Waals surface area contributed by atoms with E-state index in [-0.39, 0.29) is 0 Å². The zero-order valence-electron chi connectivity index (χ0n) is 21.6. The van der Waals surface area contributed by atoms with Crippen LogP contribution in [-0.2, 0) is 10.3 Å². The van der Waals surface area contributed by atoms with Gasteiger partial charge in [-0.15, -0.1) is 11.3 Å². The highest BCUT2D eigenvalue weighted by Gasteiger charge is 2.46. The smallest absolute Gasteiger partial charge is 0.339 e. The Morgan fingerprint density at radius 1 is 0.821 bits per heavy atom. The minimum absolute atomic E-state index is 0.428. The molecule has 1 aliphatic heterocycles. The molecule has 1 aromatic heterocycles. The number of carbonyl (C=O) groups is 1. The van der Waals surface area contributed by atoms with Crippen LogP contribution in [0.25, 0.3) is 38.4 Å². The average Bonchev–Trinajstić information content (AvgIpc) is 3.61. The van der Waals surface area contributed by atoms with E-state index < -0.39 is 11.6 Å². The number of methoxy groups -OCH3 is 3. The minimum Gasteiger partial charge on any atom is -0.493 e. The van der Waals surface area contributed by atoms with Crippen molar-refractivity contribution in [2.24, 2.45) is 0 Å². The molecule has 4 aromatic carbocycles. The first-order valence-electron chi connectivity index (χ1n) is 12.6. The summed E-state index contributed by atoms with van der Waals surface area (Å²) in [5.74, 6) is 1.31. The van der Waals surface area contributed by atoms with Gasteiger partial charge in [0.2, 0.25) is 0 Å². The van der Waals surface area contributed by atoms with E-state index in [4.69, 9.17) is 18.9 Å². The molecule has 1 aliphatic carbocycles. The molecule has 0 N–H and O–H groups in total. The predicted molar refractivity (Wildman–Crippen MR) is 154 cm³/mol. The Morgan fingerprint density at radius 3 is 2.05 bits per heavy atom. The van der Waals surface area contributed by atoms with Gasteiger partial charge in [-0.25, -0.2) is 4.79 Å². The molecule has 39 heavy (non-hydrogen) atoms. The summed E-state index contributed by atoms with van der Waals surface area (Å²) in [4.78, 5) is 14.4. The molecular weight excluding hydrogens is 508 g/mol. The lowest BCUT2D eigenvalue weighted by molar-refractivity contribution is 0.0600. The van der Waals surface area contributed by atoms with E-state index >= 15 is 0 Å². The molecule has 0 atom stereocenters. The van der Waals surface area contributed by atoms with Crippen molar-refractivity contribution in [1.29, 1.82) is 0 Å². The monoisotopic (exact) mass is 532 g/mol. The van der Waals surface area contributed by atoms with Crippen LogP contribution in [0.4, 0.5) is 0 Å². The van der Waals surface area contributed by atoms with Gasteiger partial charge in [0.1, 0.15) is 5.75 Å². The van der Waals surface area contributed by atoms with E-state index in [2.05, 4.69) is 30.3 Å². The Balaban J connectivity index is 1.61. The third-order valence-corrected chi connectivity index (χ3v) is 8.54. The van der Waals surface area contributed by atoms with Crippen LogP contribution in [0.15, 0.2) is 84.3 Å². The van der Waals surface area contributed by atoms with Crippen LogP contribution < -0.4 is 14.2 Å². The van der Waals surface area contributed by atoms with E-state index in [1.54, 1.807) is 25.6 Å². The van der Waals surface area contributed by atoms with Crippen molar-refractivity contribution in [2.45, 2.75) is 5.60 Å². The fourth-order valence-corrected chi connectivity index (χ4v) is 6.77. The SMILES string of the molecule is COC(=O)c1c2c(c3cc(OC)c(OC)cc3c1-c1cccs1)OC1(C=C2)c2ccccc2-c2ccccc21. The summed E-state index contributed by atoms with van der Waals surface area (Å²) in [6.45, 7) is 0. The van der Waals surface area contributed by atoms with Crippen LogP contribution in [0.2, 0.25) is 0 Å². The third-order valence-electron chi connectivity index (χ3n) is 7.65. The Hall–Kier alpha value is -4.55. The Morgan fingerprint density at radius 2 is 1.46 bits per heavy atom. The molecule has 1 spiro atoms. The molecule has 2 aliphatic rings. The average molecular weight is 533 g/mol. The molecule has 0 bridgehead atoms. The first kappa shape index (κ1) is 23.6. The van der Waals surface area contributed by atoms with Gasteiger partial charge in [-0.1, -0.05) is 54.6 Å². The highest BCUT2D eigenvalue weighted by molar-refractivity contribution is 7.13. The second-order valence-corrected chi connectivity index (χ2v) is 10.4. The second kappa shape index (κ2) is 8.75. The van der Waals surface area contributed by atoms with Crippen molar-refractivity contribution in [1.82, 2.24) is 0 Å². The number of rotatable bonds is 4. The van der Waals surface area contributed by atoms with Crippen molar-refractivity contribution in [3.63, 3.8) is 0 Å². The molecule has 0 radical (unpaired) electrons. The number of ether oxygens (including phenoxy) is 4. The third kappa shape index (κ3) is 3.21. The van der Waals surface area contributed by atoms with E-state index in [0.717, 1.165) is 43.5 Å². The van der Waals surface area contributed by atoms with Crippen LogP contribution in [0.1, 0.15) is 27.0 Å². The first-order chi connectivity index (χ1) is 19.1. The summed E-state index contributed by atoms with van der Waals surface area (Å²) in [6, 6.07) is 24.5. The van der Waals surface area contributed by atoms with Crippen molar-refractivity contribution >= 4 is 34.2 Å². The Kier molecular flexibility index (Phi) is 5.28. The fraction of sp³-hybridized carbons (Fsp3) is 0.121. The molecule has 0 unspecified atom stereocenters. The van der Waals surface area contributed by atoms with Gasteiger partial charge in [-0.2, -0.15) is 0 Å². The van der Waals surface area contributed by atoms with Gasteiger partial charge < -0.3 is 18.9 Å². The van der Waals surface area contributed by atoms with Crippen LogP contribution in [0.5, 0.6) is 17.2 Å². The summed E-state index contributed by atoms with van der Waals surface area (Å²) >= 11 is 1.56. The number of hydrogen-bond donors (Lipinski definition) is 0. The molecule has 5 aromatic rings. The van der Waals surface area contributed by atoms with Gasteiger partial charge in [0.15, 0.2) is 17.1 Å². The minimum atomic E-state index is -0.849. The normalized spacial score (nSPS) is 13.9. The maximum atomic E-state index is 13.5. The maximum Gasteiger partial charge on any atom is 0.339 e. The number of fused-ring (bicyclic) bond motifs is 8. The largest absolute Gasteiger partial charge is 0.493 e. The number of benzene rings is 4. The van der Waals surface area contributed by atoms with Gasteiger partial charge in [-0.05, 0) is 52.2 Å². The van der Waals surface area contributed by atoms with Crippen molar-refractivity contribution in [3.8, 4) is 38.8 Å². The van der Waals surface area contributed by atoms with Gasteiger partial charge in [0.05, 0.1) is 26.9 Å². The number of esters is 1. The van der Waals surface area contributed by atoms with Gasteiger partial charge in [0.25, 0.3) is 0 Å². The topological polar surface area (TPSA) is 54.0 Å². The lowest BCUT2D eigenvalue weighted by atomic mass is 9.84. The Bertz CT molecular complexity index is 1770. The predicted octanol–water partition coefficient (Wildman–Crippen LogP) is 7.70. The molecule has 192 valence electrons.